The monoisotopic (exact) mass is 432 g/mol. The summed E-state index contributed by atoms with van der Waals surface area (Å²) >= 11 is 0. The van der Waals surface area contributed by atoms with Crippen LogP contribution in [0.2, 0.25) is 0 Å². The van der Waals surface area contributed by atoms with E-state index in [2.05, 4.69) is 45.4 Å². The molecule has 2 aromatic heterocycles. The Balaban J connectivity index is 1.10. The van der Waals surface area contributed by atoms with Gasteiger partial charge in [-0.05, 0) is 56.8 Å². The standard InChI is InChI=1S/C25H32N6O/c1-29-24(32)20-8-3-5-10-22(20)28-25(29)26-13-6-14-30-15-17-31(18-16-30)23-12-11-19-7-2-4-9-21(19)27-23/h2,4,7,9,11-12H,3,5-6,8,10,13-18H2,1H3,(H,26,28). The Morgan fingerprint density at radius 2 is 1.78 bits per heavy atom. The lowest BCUT2D eigenvalue weighted by molar-refractivity contribution is 0.256. The molecule has 2 aliphatic rings. The molecule has 3 heterocycles. The van der Waals surface area contributed by atoms with Crippen molar-refractivity contribution in [2.75, 3.05) is 49.5 Å². The predicted molar refractivity (Wildman–Crippen MR) is 130 cm³/mol. The number of benzene rings is 1. The fourth-order valence-electron chi connectivity index (χ4n) is 4.84. The number of hydrogen-bond donors (Lipinski definition) is 1. The number of hydrogen-bond acceptors (Lipinski definition) is 6. The highest BCUT2D eigenvalue weighted by molar-refractivity contribution is 5.80. The second-order valence-corrected chi connectivity index (χ2v) is 8.90. The van der Waals surface area contributed by atoms with Gasteiger partial charge in [-0.1, -0.05) is 18.2 Å². The Bertz CT molecular complexity index is 1150. The van der Waals surface area contributed by atoms with Crippen molar-refractivity contribution >= 4 is 22.7 Å². The molecule has 1 aromatic carbocycles. The first-order valence-electron chi connectivity index (χ1n) is 11.8. The lowest BCUT2D eigenvalue weighted by Gasteiger charge is -2.35. The number of anilines is 2. The highest BCUT2D eigenvalue weighted by atomic mass is 16.1. The first kappa shape index (κ1) is 20.9. The Morgan fingerprint density at radius 3 is 2.66 bits per heavy atom. The van der Waals surface area contributed by atoms with Crippen LogP contribution >= 0.6 is 0 Å². The lowest BCUT2D eigenvalue weighted by Crippen LogP contribution is -2.47. The maximum Gasteiger partial charge on any atom is 0.258 e. The number of nitrogens with one attached hydrogen (secondary N) is 1. The third kappa shape index (κ3) is 4.35. The second-order valence-electron chi connectivity index (χ2n) is 8.90. The predicted octanol–water partition coefficient (Wildman–Crippen LogP) is 2.83. The summed E-state index contributed by atoms with van der Waals surface area (Å²) < 4.78 is 1.68. The fourth-order valence-corrected chi connectivity index (χ4v) is 4.84. The minimum absolute atomic E-state index is 0.121. The molecule has 3 aromatic rings. The Hall–Kier alpha value is -2.93. The summed E-state index contributed by atoms with van der Waals surface area (Å²) in [7, 11) is 1.83. The van der Waals surface area contributed by atoms with Crippen LogP contribution in [-0.4, -0.2) is 58.7 Å². The van der Waals surface area contributed by atoms with Crippen molar-refractivity contribution in [1.82, 2.24) is 19.4 Å². The first-order valence-corrected chi connectivity index (χ1v) is 11.8. The summed E-state index contributed by atoms with van der Waals surface area (Å²) in [4.78, 5) is 27.1. The second kappa shape index (κ2) is 9.28. The molecule has 1 aliphatic carbocycles. The normalized spacial score (nSPS) is 16.8. The number of rotatable bonds is 6. The van der Waals surface area contributed by atoms with Gasteiger partial charge < -0.3 is 10.2 Å². The van der Waals surface area contributed by atoms with Gasteiger partial charge >= 0.3 is 0 Å². The van der Waals surface area contributed by atoms with Gasteiger partial charge in [0.05, 0.1) is 11.2 Å². The molecule has 0 bridgehead atoms. The van der Waals surface area contributed by atoms with Crippen molar-refractivity contribution in [2.45, 2.75) is 32.1 Å². The molecule has 168 valence electrons. The minimum Gasteiger partial charge on any atom is -0.356 e. The van der Waals surface area contributed by atoms with Gasteiger partial charge in [0, 0.05) is 50.7 Å². The Kier molecular flexibility index (Phi) is 6.08. The topological polar surface area (TPSA) is 66.3 Å². The molecule has 1 aliphatic heterocycles. The van der Waals surface area contributed by atoms with E-state index in [4.69, 9.17) is 9.97 Å². The zero-order valence-corrected chi connectivity index (χ0v) is 18.9. The SMILES string of the molecule is Cn1c(NCCCN2CCN(c3ccc4ccccc4n3)CC2)nc2c(c1=O)CCCC2. The lowest BCUT2D eigenvalue weighted by atomic mass is 9.97. The van der Waals surface area contributed by atoms with E-state index in [0.717, 1.165) is 94.0 Å². The van der Waals surface area contributed by atoms with E-state index in [0.29, 0.717) is 5.95 Å². The van der Waals surface area contributed by atoms with E-state index in [1.165, 1.54) is 5.39 Å². The number of pyridine rings is 1. The molecule has 1 N–H and O–H groups in total. The van der Waals surface area contributed by atoms with Crippen molar-refractivity contribution in [2.24, 2.45) is 7.05 Å². The average Bonchev–Trinajstić information content (AvgIpc) is 2.85. The third-order valence-corrected chi connectivity index (χ3v) is 6.77. The van der Waals surface area contributed by atoms with Crippen LogP contribution in [0.25, 0.3) is 10.9 Å². The quantitative estimate of drug-likeness (QED) is 0.605. The number of nitrogens with zero attached hydrogens (tertiary/aromatic N) is 5. The molecular formula is C25H32N6O. The van der Waals surface area contributed by atoms with E-state index in [-0.39, 0.29) is 5.56 Å². The molecule has 1 saturated heterocycles. The van der Waals surface area contributed by atoms with E-state index in [1.807, 2.05) is 13.1 Å². The van der Waals surface area contributed by atoms with Crippen molar-refractivity contribution in [3.8, 4) is 0 Å². The van der Waals surface area contributed by atoms with Gasteiger partial charge in [-0.3, -0.25) is 14.3 Å². The molecular weight excluding hydrogens is 400 g/mol. The summed E-state index contributed by atoms with van der Waals surface area (Å²) in [5, 5.41) is 4.59. The smallest absolute Gasteiger partial charge is 0.258 e. The minimum atomic E-state index is 0.121. The third-order valence-electron chi connectivity index (χ3n) is 6.77. The van der Waals surface area contributed by atoms with Crippen LogP contribution in [0.3, 0.4) is 0 Å². The maximum absolute atomic E-state index is 12.6. The van der Waals surface area contributed by atoms with Crippen LogP contribution in [0.4, 0.5) is 11.8 Å². The zero-order valence-electron chi connectivity index (χ0n) is 18.9. The zero-order chi connectivity index (χ0) is 21.9. The molecule has 32 heavy (non-hydrogen) atoms. The van der Waals surface area contributed by atoms with Crippen LogP contribution in [0.1, 0.15) is 30.5 Å². The Morgan fingerprint density at radius 1 is 0.969 bits per heavy atom. The van der Waals surface area contributed by atoms with E-state index >= 15 is 0 Å². The van der Waals surface area contributed by atoms with Gasteiger partial charge in [0.25, 0.3) is 5.56 Å². The van der Waals surface area contributed by atoms with Crippen molar-refractivity contribution in [3.63, 3.8) is 0 Å². The van der Waals surface area contributed by atoms with Gasteiger partial charge in [0.15, 0.2) is 0 Å². The maximum atomic E-state index is 12.6. The summed E-state index contributed by atoms with van der Waals surface area (Å²) in [6.45, 7) is 5.96. The molecule has 0 spiro atoms. The molecule has 5 rings (SSSR count). The van der Waals surface area contributed by atoms with E-state index in [9.17, 15) is 4.79 Å². The Labute approximate surface area is 189 Å². The van der Waals surface area contributed by atoms with Crippen molar-refractivity contribution < 1.29 is 0 Å². The van der Waals surface area contributed by atoms with Gasteiger partial charge in [-0.15, -0.1) is 0 Å². The van der Waals surface area contributed by atoms with Gasteiger partial charge in [0.1, 0.15) is 5.82 Å². The van der Waals surface area contributed by atoms with Gasteiger partial charge in [-0.2, -0.15) is 0 Å². The van der Waals surface area contributed by atoms with Crippen LogP contribution in [-0.2, 0) is 19.9 Å². The molecule has 0 atom stereocenters. The molecule has 7 heteroatoms. The molecule has 0 amide bonds. The fraction of sp³-hybridized carbons (Fsp3) is 0.480. The molecule has 7 nitrogen and oxygen atoms in total. The molecule has 0 unspecified atom stereocenters. The van der Waals surface area contributed by atoms with E-state index in [1.54, 1.807) is 4.57 Å². The molecule has 0 saturated carbocycles. The first-order chi connectivity index (χ1) is 15.7. The van der Waals surface area contributed by atoms with Gasteiger partial charge in [0.2, 0.25) is 5.95 Å². The summed E-state index contributed by atoms with van der Waals surface area (Å²) in [5.74, 6) is 1.78. The number of piperazine rings is 1. The number of aryl methyl sites for hydroxylation is 1. The van der Waals surface area contributed by atoms with Crippen LogP contribution in [0.15, 0.2) is 41.2 Å². The highest BCUT2D eigenvalue weighted by Crippen LogP contribution is 2.20. The summed E-state index contributed by atoms with van der Waals surface area (Å²) in [5.41, 5.74) is 3.10. The average molecular weight is 433 g/mol. The van der Waals surface area contributed by atoms with Crippen molar-refractivity contribution in [1.29, 1.82) is 0 Å². The number of aromatic nitrogens is 3. The van der Waals surface area contributed by atoms with Crippen molar-refractivity contribution in [3.05, 3.63) is 58.0 Å². The number of para-hydroxylation sites is 1. The largest absolute Gasteiger partial charge is 0.356 e. The van der Waals surface area contributed by atoms with Crippen LogP contribution in [0.5, 0.6) is 0 Å². The summed E-state index contributed by atoms with van der Waals surface area (Å²) in [6.07, 6.45) is 5.06. The molecule has 0 radical (unpaired) electrons. The van der Waals surface area contributed by atoms with Crippen LogP contribution < -0.4 is 15.8 Å². The summed E-state index contributed by atoms with van der Waals surface area (Å²) in [6, 6.07) is 12.6. The highest BCUT2D eigenvalue weighted by Gasteiger charge is 2.19. The number of fused-ring (bicyclic) bond motifs is 2. The van der Waals surface area contributed by atoms with E-state index < -0.39 is 0 Å². The van der Waals surface area contributed by atoms with Crippen LogP contribution in [0, 0.1) is 0 Å². The van der Waals surface area contributed by atoms with Gasteiger partial charge in [-0.25, -0.2) is 9.97 Å². The molecule has 1 fully saturated rings.